The van der Waals surface area contributed by atoms with Crippen LogP contribution in [0.5, 0.6) is 11.5 Å². The lowest BCUT2D eigenvalue weighted by Gasteiger charge is -2.36. The van der Waals surface area contributed by atoms with E-state index in [2.05, 4.69) is 52.8 Å². The highest BCUT2D eigenvalue weighted by molar-refractivity contribution is 7.98. The van der Waals surface area contributed by atoms with Gasteiger partial charge >= 0.3 is 5.63 Å². The standard InChI is InChI=1S/C79H105N19O19S/c1-6-16-56(70(103)91-61(40-48-44-85-54-18-8-7-17-52(48)54)74(107)89-58(32-38-118-5)72(105)93-71(104)57(19-9-11-33-80)87-55-31-26-49(97(112)113)41-66(55)98(114)115)88-69(102)45(2)86-73(106)60(39-47-24-27-50(100)28-25-47)92-76(109)62-22-14-36-94(62)77(110)59(20-10-12-34-81)90-75(108)63-23-15-37-95(63)78(111)64(21-13-35-84-79(82)83)96(46(3)99)65-43-68(101)117-67-42-51(116-4)29-30-53(65)67/h7-8,17-18,24-31,41-45,56-64,85,87,100H,6,9-16,19-23,32-40,80-81H2,1-5H3,(H,86,106)(H,88,102)(H,89,107)(H,90,108)(H,91,103)(H,92,109)(H4,82,83,84)(H,93,104,105)/t45-,56-,57-,58-,59-,60-,61-,62-,63-,64-/m0/s1. The number of H-pyrrole nitrogens is 1. The van der Waals surface area contributed by atoms with Crippen molar-refractivity contribution in [3.8, 4) is 11.5 Å². The van der Waals surface area contributed by atoms with Crippen molar-refractivity contribution in [1.29, 1.82) is 5.41 Å². The number of phenols is 1. The first-order chi connectivity index (χ1) is 56.5. The molecule has 8 rings (SSSR count). The highest BCUT2D eigenvalue weighted by Crippen LogP contribution is 2.34. The van der Waals surface area contributed by atoms with Gasteiger partial charge in [-0.2, -0.15) is 11.8 Å². The van der Waals surface area contributed by atoms with Crippen LogP contribution in [0.2, 0.25) is 0 Å². The SMILES string of the molecule is CCC[C@H](NC(=O)[C@H](C)NC(=O)[C@H](Cc1ccc(O)cc1)NC(=O)[C@@H]1CCCN1C(=O)[C@H](CCCCN)NC(=O)[C@@H]1CCCN1C(=O)[C@H](CCCNC(=N)N)N(C(C)=O)c1cc(=O)oc2cc(OC)ccc12)C(=O)N[C@@H](Cc1c[nH]c2ccccc12)C(=O)N[C@@H](CCSC)C(=O)NC(=O)[C@H](CCCCN)Nc1ccc([N+](=O)[O-])cc1[N+](=O)[O-]. The number of guanidine groups is 1. The molecule has 0 unspecified atom stereocenters. The van der Waals surface area contributed by atoms with Gasteiger partial charge in [0, 0.05) is 80.1 Å². The Morgan fingerprint density at radius 3 is 1.91 bits per heavy atom. The lowest BCUT2D eigenvalue weighted by molar-refractivity contribution is -0.393. The smallest absolute Gasteiger partial charge is 0.338 e. The molecule has 11 amide bonds. The van der Waals surface area contributed by atoms with Gasteiger partial charge in [0.05, 0.1) is 28.7 Å². The Morgan fingerprint density at radius 2 is 1.28 bits per heavy atom. The number of hydrogen-bond donors (Lipinski definition) is 15. The van der Waals surface area contributed by atoms with Crippen LogP contribution in [0.25, 0.3) is 21.9 Å². The van der Waals surface area contributed by atoms with Gasteiger partial charge in [0.25, 0.3) is 11.4 Å². The van der Waals surface area contributed by atoms with Crippen LogP contribution in [0.3, 0.4) is 0 Å². The number of imide groups is 1. The average molecular weight is 1660 g/mol. The van der Waals surface area contributed by atoms with Crippen molar-refractivity contribution < 1.29 is 76.8 Å². The number of nitrogens with zero attached hydrogens (tertiary/aromatic N) is 5. The van der Waals surface area contributed by atoms with Crippen LogP contribution in [0.4, 0.5) is 22.7 Å². The molecular formula is C79H105N19O19S. The second kappa shape index (κ2) is 44.2. The number of para-hydroxylation sites is 1. The number of rotatable bonds is 44. The molecule has 2 aliphatic rings. The van der Waals surface area contributed by atoms with Crippen molar-refractivity contribution in [1.82, 2.24) is 57.3 Å². The number of thioether (sulfide) groups is 1. The van der Waals surface area contributed by atoms with Crippen molar-refractivity contribution in [3.05, 3.63) is 139 Å². The Balaban J connectivity index is 0.976. The number of methoxy groups -OCH3 is 1. The summed E-state index contributed by atoms with van der Waals surface area (Å²) in [5.74, 6) is -8.62. The lowest BCUT2D eigenvalue weighted by atomic mass is 10.0. The number of carbonyl (C=O) groups excluding carboxylic acids is 11. The zero-order chi connectivity index (χ0) is 85.9. The molecule has 4 heterocycles. The van der Waals surface area contributed by atoms with E-state index in [9.17, 15) is 73.3 Å². The molecule has 0 saturated carbocycles. The van der Waals surface area contributed by atoms with Crippen LogP contribution in [-0.4, -0.2) is 213 Å². The van der Waals surface area contributed by atoms with E-state index in [1.165, 1.54) is 77.8 Å². The summed E-state index contributed by atoms with van der Waals surface area (Å²) in [7, 11) is 1.42. The van der Waals surface area contributed by atoms with Gasteiger partial charge in [-0.25, -0.2) is 4.79 Å². The molecule has 2 fully saturated rings. The number of likely N-dealkylation sites (tertiary alicyclic amines) is 2. The number of nitrogens with two attached hydrogens (primary N) is 3. The second-order valence-electron chi connectivity index (χ2n) is 29.0. The number of fused-ring (bicyclic) bond motifs is 2. The fraction of sp³-hybridized carbons (Fsp3) is 0.481. The fourth-order valence-corrected chi connectivity index (χ4v) is 14.9. The van der Waals surface area contributed by atoms with Crippen molar-refractivity contribution in [3.63, 3.8) is 0 Å². The maximum Gasteiger partial charge on any atom is 0.338 e. The van der Waals surface area contributed by atoms with Crippen LogP contribution in [0, 0.1) is 25.6 Å². The van der Waals surface area contributed by atoms with Gasteiger partial charge in [-0.15, -0.1) is 0 Å². The summed E-state index contributed by atoms with van der Waals surface area (Å²) in [6.45, 7) is 4.98. The number of unbranched alkanes of at least 4 members (excludes halogenated alkanes) is 2. The number of ether oxygens (including phenoxy) is 1. The largest absolute Gasteiger partial charge is 0.508 e. The molecule has 10 atom stereocenters. The molecule has 4 aromatic carbocycles. The van der Waals surface area contributed by atoms with Crippen LogP contribution < -0.4 is 80.3 Å². The van der Waals surface area contributed by atoms with Crippen molar-refractivity contribution in [2.45, 2.75) is 190 Å². The molecule has 6 aromatic rings. The molecule has 39 heteroatoms. The number of nitrogens with one attached hydrogen (secondary N) is 11. The molecule has 38 nitrogen and oxygen atoms in total. The van der Waals surface area contributed by atoms with Crippen LogP contribution >= 0.6 is 11.8 Å². The van der Waals surface area contributed by atoms with E-state index in [0.29, 0.717) is 78.1 Å². The number of benzene rings is 4. The highest BCUT2D eigenvalue weighted by Gasteiger charge is 2.45. The van der Waals surface area contributed by atoms with Gasteiger partial charge in [0.1, 0.15) is 83.2 Å². The maximum atomic E-state index is 15.2. The molecule has 636 valence electrons. The van der Waals surface area contributed by atoms with E-state index >= 15 is 9.59 Å². The van der Waals surface area contributed by atoms with Gasteiger partial charge in [-0.1, -0.05) is 43.7 Å². The minimum absolute atomic E-state index is 0.00431. The number of amides is 11. The topological polar surface area (TPSA) is 569 Å². The van der Waals surface area contributed by atoms with E-state index in [-0.39, 0.29) is 131 Å². The summed E-state index contributed by atoms with van der Waals surface area (Å²) < 4.78 is 10.8. The van der Waals surface area contributed by atoms with Gasteiger partial charge in [0.2, 0.25) is 65.0 Å². The Labute approximate surface area is 683 Å². The predicted octanol–water partition coefficient (Wildman–Crippen LogP) is 3.12. The average Bonchev–Trinajstić information content (AvgIpc) is 0.986. The minimum Gasteiger partial charge on any atom is -0.508 e. The molecule has 0 radical (unpaired) electrons. The van der Waals surface area contributed by atoms with Crippen molar-refractivity contribution >= 4 is 127 Å². The number of nitro groups is 2. The summed E-state index contributed by atoms with van der Waals surface area (Å²) in [6, 6.07) is 7.97. The summed E-state index contributed by atoms with van der Waals surface area (Å²) in [5.41, 5.74) is 16.7. The minimum atomic E-state index is -1.47. The number of nitro benzene ring substituents is 2. The van der Waals surface area contributed by atoms with Gasteiger partial charge in [-0.05, 0) is 169 Å². The van der Waals surface area contributed by atoms with Crippen molar-refractivity contribution in [2.75, 3.05) is 62.1 Å². The van der Waals surface area contributed by atoms with E-state index in [1.807, 2.05) is 0 Å². The number of aromatic amines is 1. The molecule has 0 spiro atoms. The van der Waals surface area contributed by atoms with Gasteiger partial charge in [0.15, 0.2) is 5.96 Å². The Kier molecular flexibility index (Phi) is 34.2. The first-order valence-electron chi connectivity index (χ1n) is 39.2. The number of carbonyl (C=O) groups is 11. The first kappa shape index (κ1) is 91.3. The predicted molar refractivity (Wildman–Crippen MR) is 440 cm³/mol. The summed E-state index contributed by atoms with van der Waals surface area (Å²) in [6.07, 6.45) is 5.86. The number of aromatic nitrogens is 1. The Bertz CT molecular complexity index is 4680. The summed E-state index contributed by atoms with van der Waals surface area (Å²) in [4.78, 5) is 203. The Hall–Kier alpha value is -12.3. The third-order valence-corrected chi connectivity index (χ3v) is 21.2. The van der Waals surface area contributed by atoms with Crippen LogP contribution in [0.1, 0.15) is 128 Å². The molecule has 118 heavy (non-hydrogen) atoms. The van der Waals surface area contributed by atoms with E-state index < -0.39 is 152 Å². The third kappa shape index (κ3) is 24.9. The third-order valence-electron chi connectivity index (χ3n) is 20.5. The van der Waals surface area contributed by atoms with Gasteiger partial charge in [-0.3, -0.25) is 88.6 Å². The number of phenolic OH excluding ortho intramolecular Hbond substituents is 1. The molecule has 0 bridgehead atoms. The molecule has 2 saturated heterocycles. The molecular weight excluding hydrogens is 1550 g/mol. The van der Waals surface area contributed by atoms with E-state index in [4.69, 9.17) is 31.8 Å². The maximum absolute atomic E-state index is 15.2. The summed E-state index contributed by atoms with van der Waals surface area (Å²) >= 11 is 1.32. The second-order valence-corrected chi connectivity index (χ2v) is 29.9. The molecule has 2 aliphatic heterocycles. The Morgan fingerprint density at radius 1 is 0.678 bits per heavy atom. The molecule has 2 aromatic heterocycles. The number of anilines is 2. The fourth-order valence-electron chi connectivity index (χ4n) is 14.4. The monoisotopic (exact) mass is 1660 g/mol. The van der Waals surface area contributed by atoms with E-state index in [1.54, 1.807) is 55.8 Å². The van der Waals surface area contributed by atoms with Crippen LogP contribution in [0.15, 0.2) is 106 Å². The number of hydrogen-bond acceptors (Lipinski definition) is 24. The quantitative estimate of drug-likeness (QED) is 0.00652. The van der Waals surface area contributed by atoms with Crippen molar-refractivity contribution in [2.24, 2.45) is 17.2 Å². The van der Waals surface area contributed by atoms with Crippen LogP contribution in [-0.2, 0) is 65.6 Å². The molecule has 0 aliphatic carbocycles. The zero-order valence-corrected chi connectivity index (χ0v) is 67.3. The lowest BCUT2D eigenvalue weighted by Crippen LogP contribution is -2.60. The van der Waals surface area contributed by atoms with Gasteiger partial charge < -0.3 is 88.8 Å². The van der Waals surface area contributed by atoms with E-state index in [0.717, 1.165) is 24.3 Å². The first-order valence-corrected chi connectivity index (χ1v) is 40.6. The zero-order valence-electron chi connectivity index (χ0n) is 66.4. The molecule has 18 N–H and O–H groups in total. The number of non-ortho nitro benzene ring substituents is 1. The number of aromatic hydroxyl groups is 1. The summed E-state index contributed by atoms with van der Waals surface area (Å²) in [5, 5.41) is 66.8. The normalized spacial score (nSPS) is 15.8. The highest BCUT2D eigenvalue weighted by atomic mass is 32.2.